The summed E-state index contributed by atoms with van der Waals surface area (Å²) in [5.74, 6) is 0. The Bertz CT molecular complexity index is 245. The largest absolute Gasteiger partial charge is 0.302 e. The number of hydrogen-bond acceptors (Lipinski definition) is 2. The van der Waals surface area contributed by atoms with Crippen molar-refractivity contribution in [3.05, 3.63) is 16.5 Å². The minimum absolute atomic E-state index is 0.537. The maximum atomic E-state index is 10.5. The topological polar surface area (TPSA) is 37.3 Å². The van der Waals surface area contributed by atoms with Gasteiger partial charge in [-0.3, -0.25) is 0 Å². The fourth-order valence-corrected chi connectivity index (χ4v) is 2.32. The molecule has 1 aromatic rings. The zero-order valence-corrected chi connectivity index (χ0v) is 7.38. The van der Waals surface area contributed by atoms with Gasteiger partial charge in [-0.15, -0.1) is 11.3 Å². The highest BCUT2D eigenvalue weighted by Crippen LogP contribution is 2.22. The first-order valence-electron chi connectivity index (χ1n) is 2.79. The van der Waals surface area contributed by atoms with Crippen molar-refractivity contribution in [2.24, 2.45) is 0 Å². The lowest BCUT2D eigenvalue weighted by molar-refractivity contribution is 0.566. The summed E-state index contributed by atoms with van der Waals surface area (Å²) in [6, 6.07) is 1.75. The molecular weight excluding hydrogens is 168 g/mol. The molecule has 0 aromatic carbocycles. The van der Waals surface area contributed by atoms with Gasteiger partial charge in [-0.2, -0.15) is 0 Å². The third kappa shape index (κ3) is 1.45. The van der Waals surface area contributed by atoms with Crippen molar-refractivity contribution in [3.8, 4) is 0 Å². The summed E-state index contributed by atoms with van der Waals surface area (Å²) in [5.41, 5.74) is 1.09. The summed E-state index contributed by atoms with van der Waals surface area (Å²) in [4.78, 5) is 1.11. The first kappa shape index (κ1) is 7.91. The average molecular weight is 176 g/mol. The first-order valence-corrected chi connectivity index (χ1v) is 4.71. The molecule has 0 radical (unpaired) electrons. The molecule has 1 aromatic heterocycles. The summed E-state index contributed by atoms with van der Waals surface area (Å²) in [5, 5.41) is 0. The zero-order chi connectivity index (χ0) is 7.72. The van der Waals surface area contributed by atoms with Crippen molar-refractivity contribution in [3.63, 3.8) is 0 Å². The SMILES string of the molecule is Cc1cc(S(=O)O)sc1C. The highest BCUT2D eigenvalue weighted by atomic mass is 32.2. The molecule has 0 fully saturated rings. The quantitative estimate of drug-likeness (QED) is 0.664. The van der Waals surface area contributed by atoms with E-state index < -0.39 is 11.1 Å². The van der Waals surface area contributed by atoms with E-state index in [-0.39, 0.29) is 0 Å². The van der Waals surface area contributed by atoms with Crippen LogP contribution < -0.4 is 0 Å². The Morgan fingerprint density at radius 1 is 1.60 bits per heavy atom. The molecule has 4 heteroatoms. The van der Waals surface area contributed by atoms with E-state index in [1.165, 1.54) is 11.3 Å². The van der Waals surface area contributed by atoms with E-state index in [0.717, 1.165) is 10.4 Å². The van der Waals surface area contributed by atoms with E-state index in [9.17, 15) is 4.21 Å². The predicted octanol–water partition coefficient (Wildman–Crippen LogP) is 1.95. The van der Waals surface area contributed by atoms with Gasteiger partial charge in [0.25, 0.3) is 0 Å². The summed E-state index contributed by atoms with van der Waals surface area (Å²) in [6.45, 7) is 3.87. The molecule has 1 rings (SSSR count). The fourth-order valence-electron chi connectivity index (χ4n) is 0.625. The fraction of sp³-hybridized carbons (Fsp3) is 0.333. The van der Waals surface area contributed by atoms with E-state index in [0.29, 0.717) is 4.21 Å². The normalized spacial score (nSPS) is 13.5. The van der Waals surface area contributed by atoms with E-state index in [4.69, 9.17) is 4.55 Å². The van der Waals surface area contributed by atoms with Gasteiger partial charge >= 0.3 is 0 Å². The van der Waals surface area contributed by atoms with Gasteiger partial charge < -0.3 is 4.55 Å². The van der Waals surface area contributed by atoms with Crippen LogP contribution in [0.1, 0.15) is 10.4 Å². The molecule has 0 saturated carbocycles. The molecule has 0 bridgehead atoms. The number of rotatable bonds is 1. The summed E-state index contributed by atoms with van der Waals surface area (Å²) < 4.78 is 19.7. The Morgan fingerprint density at radius 3 is 2.40 bits per heavy atom. The number of hydrogen-bond donors (Lipinski definition) is 1. The third-order valence-corrected chi connectivity index (χ3v) is 3.40. The molecule has 0 spiro atoms. The zero-order valence-electron chi connectivity index (χ0n) is 5.75. The number of aryl methyl sites for hydroxylation is 2. The van der Waals surface area contributed by atoms with Crippen LogP contribution >= 0.6 is 11.3 Å². The molecule has 1 unspecified atom stereocenters. The van der Waals surface area contributed by atoms with Gasteiger partial charge in [-0.1, -0.05) is 0 Å². The highest BCUT2D eigenvalue weighted by molar-refractivity contribution is 7.81. The Kier molecular flexibility index (Phi) is 2.23. The third-order valence-electron chi connectivity index (χ3n) is 1.32. The Morgan fingerprint density at radius 2 is 2.20 bits per heavy atom. The number of thiophene rings is 1. The van der Waals surface area contributed by atoms with Gasteiger partial charge in [0.2, 0.25) is 0 Å². The smallest absolute Gasteiger partial charge is 0.196 e. The van der Waals surface area contributed by atoms with Crippen LogP contribution in [0.15, 0.2) is 10.3 Å². The van der Waals surface area contributed by atoms with Gasteiger partial charge in [-0.05, 0) is 25.5 Å². The molecule has 0 aliphatic heterocycles. The molecule has 10 heavy (non-hydrogen) atoms. The Labute approximate surface area is 66.2 Å². The van der Waals surface area contributed by atoms with Crippen molar-refractivity contribution >= 4 is 22.4 Å². The van der Waals surface area contributed by atoms with Crippen molar-refractivity contribution in [1.82, 2.24) is 0 Å². The maximum absolute atomic E-state index is 10.5. The molecule has 0 saturated heterocycles. The molecule has 0 aliphatic rings. The Balaban J connectivity index is 3.10. The summed E-state index contributed by atoms with van der Waals surface area (Å²) >= 11 is -0.428. The van der Waals surface area contributed by atoms with E-state index >= 15 is 0 Å². The minimum atomic E-state index is -1.80. The van der Waals surface area contributed by atoms with Crippen LogP contribution in [0.5, 0.6) is 0 Å². The van der Waals surface area contributed by atoms with Crippen molar-refractivity contribution < 1.29 is 8.76 Å². The van der Waals surface area contributed by atoms with E-state index in [1.807, 2.05) is 13.8 Å². The van der Waals surface area contributed by atoms with Crippen LogP contribution in [0.4, 0.5) is 0 Å². The second-order valence-electron chi connectivity index (χ2n) is 2.05. The summed E-state index contributed by atoms with van der Waals surface area (Å²) in [7, 11) is 0. The lowest BCUT2D eigenvalue weighted by Crippen LogP contribution is -1.80. The first-order chi connectivity index (χ1) is 4.61. The van der Waals surface area contributed by atoms with Crippen LogP contribution in [0.2, 0.25) is 0 Å². The van der Waals surface area contributed by atoms with Crippen LogP contribution in [-0.4, -0.2) is 8.76 Å². The van der Waals surface area contributed by atoms with Crippen LogP contribution in [0.3, 0.4) is 0 Å². The summed E-state index contributed by atoms with van der Waals surface area (Å²) in [6.07, 6.45) is 0. The lowest BCUT2D eigenvalue weighted by Gasteiger charge is -1.81. The van der Waals surface area contributed by atoms with Gasteiger partial charge in [0.15, 0.2) is 11.1 Å². The highest BCUT2D eigenvalue weighted by Gasteiger charge is 2.04. The van der Waals surface area contributed by atoms with Crippen LogP contribution in [0, 0.1) is 13.8 Å². The second kappa shape index (κ2) is 2.82. The molecule has 0 aliphatic carbocycles. The molecule has 0 amide bonds. The van der Waals surface area contributed by atoms with Crippen molar-refractivity contribution in [2.45, 2.75) is 18.1 Å². The van der Waals surface area contributed by atoms with Gasteiger partial charge in [0.1, 0.15) is 4.21 Å². The van der Waals surface area contributed by atoms with Gasteiger partial charge in [0, 0.05) is 4.88 Å². The van der Waals surface area contributed by atoms with E-state index in [2.05, 4.69) is 0 Å². The predicted molar refractivity (Wildman–Crippen MR) is 42.8 cm³/mol. The van der Waals surface area contributed by atoms with Gasteiger partial charge in [-0.25, -0.2) is 4.21 Å². The second-order valence-corrected chi connectivity index (χ2v) is 4.51. The van der Waals surface area contributed by atoms with Crippen LogP contribution in [-0.2, 0) is 11.1 Å². The van der Waals surface area contributed by atoms with Crippen molar-refractivity contribution in [1.29, 1.82) is 0 Å². The molecule has 2 nitrogen and oxygen atoms in total. The molecule has 1 atom stereocenters. The van der Waals surface area contributed by atoms with Gasteiger partial charge in [0.05, 0.1) is 0 Å². The maximum Gasteiger partial charge on any atom is 0.196 e. The molecule has 1 N–H and O–H groups in total. The lowest BCUT2D eigenvalue weighted by atomic mass is 10.3. The molecule has 56 valence electrons. The van der Waals surface area contributed by atoms with Crippen LogP contribution in [0.25, 0.3) is 0 Å². The minimum Gasteiger partial charge on any atom is -0.302 e. The molecule has 1 heterocycles. The standard InChI is InChI=1S/C6H8O2S2/c1-4-3-6(10(7)8)9-5(4)2/h3H,1-2H3,(H,7,8). The van der Waals surface area contributed by atoms with E-state index in [1.54, 1.807) is 6.07 Å². The van der Waals surface area contributed by atoms with Crippen molar-refractivity contribution in [2.75, 3.05) is 0 Å². The monoisotopic (exact) mass is 176 g/mol. The Hall–Kier alpha value is -0.190. The average Bonchev–Trinajstić information content (AvgIpc) is 2.13. The molecular formula is C6H8O2S2.